The highest BCUT2D eigenvalue weighted by atomic mass is 16.3. The Labute approximate surface area is 190 Å². The second-order valence-corrected chi connectivity index (χ2v) is 8.63. The van der Waals surface area contributed by atoms with Gasteiger partial charge in [-0.05, 0) is 62.1 Å². The predicted octanol–water partition coefficient (Wildman–Crippen LogP) is 5.02. The maximum Gasteiger partial charge on any atom is 0.270 e. The molecule has 166 valence electrons. The van der Waals surface area contributed by atoms with Crippen molar-refractivity contribution in [2.45, 2.75) is 50.7 Å². The molecule has 2 aliphatic heterocycles. The summed E-state index contributed by atoms with van der Waals surface area (Å²) in [5, 5.41) is 12.2. The molecule has 2 aromatic carbocycles. The van der Waals surface area contributed by atoms with Crippen molar-refractivity contribution in [1.82, 2.24) is 15.2 Å². The van der Waals surface area contributed by atoms with Crippen LogP contribution in [0, 0.1) is 0 Å². The summed E-state index contributed by atoms with van der Waals surface area (Å²) in [5.74, 6) is -0.0601. The number of hydrogen-bond donors (Lipinski definition) is 2. The van der Waals surface area contributed by atoms with Crippen LogP contribution in [0.25, 0.3) is 11.1 Å². The molecule has 2 bridgehead atoms. The minimum Gasteiger partial charge on any atom is -0.508 e. The van der Waals surface area contributed by atoms with Gasteiger partial charge in [-0.15, -0.1) is 0 Å². The Kier molecular flexibility index (Phi) is 7.17. The van der Waals surface area contributed by atoms with Gasteiger partial charge in [-0.3, -0.25) is 9.78 Å². The highest BCUT2D eigenvalue weighted by Crippen LogP contribution is 2.33. The van der Waals surface area contributed by atoms with Gasteiger partial charge in [-0.25, -0.2) is 0 Å². The van der Waals surface area contributed by atoms with Gasteiger partial charge in [0.15, 0.2) is 0 Å². The number of carbonyl (C=O) groups excluding carboxylic acids is 1. The second-order valence-electron chi connectivity index (χ2n) is 8.63. The van der Waals surface area contributed by atoms with Gasteiger partial charge in [0, 0.05) is 30.4 Å². The van der Waals surface area contributed by atoms with Crippen LogP contribution in [0.3, 0.4) is 0 Å². The van der Waals surface area contributed by atoms with E-state index in [0.29, 0.717) is 12.2 Å². The summed E-state index contributed by atoms with van der Waals surface area (Å²) in [6.07, 6.45) is 9.06. The van der Waals surface area contributed by atoms with E-state index < -0.39 is 0 Å². The minimum atomic E-state index is -0.243. The van der Waals surface area contributed by atoms with Crippen molar-refractivity contribution in [2.75, 3.05) is 7.05 Å². The fraction of sp³-hybridized carbons (Fsp3) is 0.333. The maximum atomic E-state index is 12.1. The molecule has 3 aromatic rings. The van der Waals surface area contributed by atoms with E-state index in [0.717, 1.165) is 28.8 Å². The zero-order valence-electron chi connectivity index (χ0n) is 18.6. The van der Waals surface area contributed by atoms with Crippen LogP contribution in [0.5, 0.6) is 5.75 Å². The normalized spacial score (nSPS) is 19.7. The van der Waals surface area contributed by atoms with E-state index in [1.165, 1.54) is 32.1 Å². The average molecular weight is 430 g/mol. The monoisotopic (exact) mass is 429 g/mol. The fourth-order valence-corrected chi connectivity index (χ4v) is 4.64. The van der Waals surface area contributed by atoms with Crippen LogP contribution in [0.1, 0.15) is 48.2 Å². The summed E-state index contributed by atoms with van der Waals surface area (Å²) in [6, 6.07) is 22.2. The molecule has 2 fully saturated rings. The lowest BCUT2D eigenvalue weighted by Crippen LogP contribution is -2.35. The largest absolute Gasteiger partial charge is 0.508 e. The van der Waals surface area contributed by atoms with Gasteiger partial charge >= 0.3 is 0 Å². The van der Waals surface area contributed by atoms with Gasteiger partial charge in [0.05, 0.1) is 0 Å². The summed E-state index contributed by atoms with van der Waals surface area (Å²) in [6.45, 7) is 0.343. The molecular weight excluding hydrogens is 398 g/mol. The molecule has 2 N–H and O–H groups in total. The lowest BCUT2D eigenvalue weighted by Gasteiger charge is -2.30. The van der Waals surface area contributed by atoms with E-state index in [2.05, 4.69) is 22.2 Å². The number of aromatic hydroxyl groups is 1. The van der Waals surface area contributed by atoms with Gasteiger partial charge in [0.25, 0.3) is 5.91 Å². The molecule has 3 heterocycles. The van der Waals surface area contributed by atoms with Crippen molar-refractivity contribution >= 4 is 5.91 Å². The molecule has 1 amide bonds. The summed E-state index contributed by atoms with van der Waals surface area (Å²) in [4.78, 5) is 18.9. The molecule has 0 aliphatic carbocycles. The maximum absolute atomic E-state index is 12.1. The number of fused-ring (bicyclic) bond motifs is 2. The minimum absolute atomic E-state index is 0.182. The predicted molar refractivity (Wildman–Crippen MR) is 127 cm³/mol. The topological polar surface area (TPSA) is 65.5 Å². The van der Waals surface area contributed by atoms with Gasteiger partial charge in [-0.2, -0.15) is 0 Å². The van der Waals surface area contributed by atoms with Crippen molar-refractivity contribution < 1.29 is 9.90 Å². The molecule has 0 spiro atoms. The number of carbonyl (C=O) groups is 1. The van der Waals surface area contributed by atoms with Crippen LogP contribution in [-0.2, 0) is 6.54 Å². The highest BCUT2D eigenvalue weighted by molar-refractivity contribution is 5.92. The van der Waals surface area contributed by atoms with Crippen LogP contribution in [-0.4, -0.2) is 40.0 Å². The van der Waals surface area contributed by atoms with Crippen molar-refractivity contribution in [2.24, 2.45) is 0 Å². The fourth-order valence-electron chi connectivity index (χ4n) is 4.64. The lowest BCUT2D eigenvalue weighted by atomic mass is 10.0. The van der Waals surface area contributed by atoms with Gasteiger partial charge in [-0.1, -0.05) is 55.0 Å². The van der Waals surface area contributed by atoms with Crippen LogP contribution in [0.15, 0.2) is 72.9 Å². The first-order chi connectivity index (χ1) is 15.6. The Morgan fingerprint density at radius 1 is 0.969 bits per heavy atom. The SMILES string of the molecule is CN1C2CCCC1CC2.O=C(NCc1cccc(O)c1)c1ccc(-c2ccccc2)cn1. The van der Waals surface area contributed by atoms with Crippen molar-refractivity contribution in [3.05, 3.63) is 84.2 Å². The molecule has 2 atom stereocenters. The summed E-state index contributed by atoms with van der Waals surface area (Å²) in [7, 11) is 2.29. The molecule has 0 radical (unpaired) electrons. The molecule has 5 rings (SSSR count). The average Bonchev–Trinajstić information content (AvgIpc) is 3.02. The molecule has 2 saturated heterocycles. The first-order valence-corrected chi connectivity index (χ1v) is 11.4. The van der Waals surface area contributed by atoms with Crippen LogP contribution in [0.4, 0.5) is 0 Å². The Balaban J connectivity index is 0.000000225. The third kappa shape index (κ3) is 5.54. The smallest absolute Gasteiger partial charge is 0.270 e. The number of nitrogens with one attached hydrogen (secondary N) is 1. The third-order valence-electron chi connectivity index (χ3n) is 6.53. The van der Waals surface area contributed by atoms with Crippen LogP contribution in [0.2, 0.25) is 0 Å². The van der Waals surface area contributed by atoms with E-state index in [4.69, 9.17) is 0 Å². The van der Waals surface area contributed by atoms with E-state index in [9.17, 15) is 9.90 Å². The number of benzene rings is 2. The van der Waals surface area contributed by atoms with Crippen LogP contribution >= 0.6 is 0 Å². The molecule has 0 saturated carbocycles. The number of hydrogen-bond acceptors (Lipinski definition) is 4. The quantitative estimate of drug-likeness (QED) is 0.611. The van der Waals surface area contributed by atoms with Crippen molar-refractivity contribution in [3.8, 4) is 16.9 Å². The van der Waals surface area contributed by atoms with Gasteiger partial charge in [0.2, 0.25) is 0 Å². The third-order valence-corrected chi connectivity index (χ3v) is 6.53. The Hall–Kier alpha value is -3.18. The Bertz CT molecular complexity index is 1000. The number of rotatable bonds is 4. The standard InChI is InChI=1S/C19H16N2O2.C8H15N/c22-17-8-4-5-14(11-17)12-21-19(23)18-10-9-16(13-20-18)15-6-2-1-3-7-15;1-9-7-3-2-4-8(9)6-5-7/h1-11,13,22H,12H2,(H,21,23);7-8H,2-6H2,1H3. The Morgan fingerprint density at radius 3 is 2.34 bits per heavy atom. The zero-order valence-corrected chi connectivity index (χ0v) is 18.6. The molecule has 5 nitrogen and oxygen atoms in total. The Morgan fingerprint density at radius 2 is 1.72 bits per heavy atom. The summed E-state index contributed by atoms with van der Waals surface area (Å²) >= 11 is 0. The highest BCUT2D eigenvalue weighted by Gasteiger charge is 2.33. The van der Waals surface area contributed by atoms with Crippen molar-refractivity contribution in [3.63, 3.8) is 0 Å². The molecule has 2 aliphatic rings. The van der Waals surface area contributed by atoms with E-state index in [1.54, 1.807) is 30.5 Å². The van der Waals surface area contributed by atoms with Gasteiger partial charge in [0.1, 0.15) is 11.4 Å². The van der Waals surface area contributed by atoms with E-state index in [-0.39, 0.29) is 11.7 Å². The van der Waals surface area contributed by atoms with Crippen LogP contribution < -0.4 is 5.32 Å². The first-order valence-electron chi connectivity index (χ1n) is 11.4. The van der Waals surface area contributed by atoms with Gasteiger partial charge < -0.3 is 15.3 Å². The summed E-state index contributed by atoms with van der Waals surface area (Å²) < 4.78 is 0. The molecule has 2 unspecified atom stereocenters. The number of nitrogens with zero attached hydrogens (tertiary/aromatic N) is 2. The van der Waals surface area contributed by atoms with Crippen molar-refractivity contribution in [1.29, 1.82) is 0 Å². The molecule has 1 aromatic heterocycles. The number of piperidine rings is 1. The lowest BCUT2D eigenvalue weighted by molar-refractivity contribution is 0.0946. The first kappa shape index (κ1) is 22.0. The molecule has 32 heavy (non-hydrogen) atoms. The zero-order chi connectivity index (χ0) is 22.3. The summed E-state index contributed by atoms with van der Waals surface area (Å²) in [5.41, 5.74) is 3.23. The molecule has 5 heteroatoms. The number of pyridine rings is 1. The van der Waals surface area contributed by atoms with E-state index >= 15 is 0 Å². The second kappa shape index (κ2) is 10.4. The number of phenolic OH excluding ortho intramolecular Hbond substituents is 1. The molecular formula is C27H31N3O2. The number of amides is 1. The number of phenols is 1. The van der Waals surface area contributed by atoms with E-state index in [1.807, 2.05) is 42.5 Å². The number of aromatic nitrogens is 1.